The van der Waals surface area contributed by atoms with E-state index in [9.17, 15) is 23.1 Å². The molecule has 0 amide bonds. The summed E-state index contributed by atoms with van der Waals surface area (Å²) in [6, 6.07) is 5.90. The maximum atomic E-state index is 13.7. The molecule has 0 aliphatic carbocycles. The van der Waals surface area contributed by atoms with Gasteiger partial charge in [-0.3, -0.25) is 5.01 Å². The van der Waals surface area contributed by atoms with Crippen LogP contribution < -0.4 is 5.01 Å². The van der Waals surface area contributed by atoms with Crippen LogP contribution in [0.4, 0.5) is 18.9 Å². The molecule has 3 rings (SSSR count). The Morgan fingerprint density at radius 3 is 2.46 bits per heavy atom. The Bertz CT molecular complexity index is 903. The topological polar surface area (TPSA) is 52.9 Å². The molecule has 1 aliphatic rings. The quantitative estimate of drug-likeness (QED) is 0.577. The Kier molecular flexibility index (Phi) is 5.26. The smallest absolute Gasteiger partial charge is 0.400 e. The molecular weight excluding hydrogens is 480 g/mol. The van der Waals surface area contributed by atoms with E-state index in [1.165, 1.54) is 24.3 Å². The molecule has 2 atom stereocenters. The van der Waals surface area contributed by atoms with Gasteiger partial charge in [-0.2, -0.15) is 18.3 Å². The van der Waals surface area contributed by atoms with E-state index in [4.69, 9.17) is 23.2 Å². The lowest BCUT2D eigenvalue weighted by Crippen LogP contribution is -2.38. The summed E-state index contributed by atoms with van der Waals surface area (Å²) in [6.45, 7) is 0. The number of hydrogen-bond acceptors (Lipinski definition) is 4. The summed E-state index contributed by atoms with van der Waals surface area (Å²) in [4.78, 5) is 11.7. The number of thiophene rings is 1. The lowest BCUT2D eigenvalue weighted by molar-refractivity contribution is -0.161. The SMILES string of the molecule is O=C(O)C1=NN(c2ccc(Cl)cc2Cl)C(c2ccc(Br)s2)C1C(F)(F)F. The number of aliphatic carboxylic acids is 1. The summed E-state index contributed by atoms with van der Waals surface area (Å²) in [5.41, 5.74) is -0.853. The van der Waals surface area contributed by atoms with Crippen LogP contribution >= 0.6 is 50.5 Å². The molecule has 4 nitrogen and oxygen atoms in total. The Morgan fingerprint density at radius 1 is 1.27 bits per heavy atom. The first-order chi connectivity index (χ1) is 12.1. The normalized spacial score (nSPS) is 20.4. The third-order valence-electron chi connectivity index (χ3n) is 3.70. The van der Waals surface area contributed by atoms with Gasteiger partial charge in [-0.05, 0) is 46.3 Å². The van der Waals surface area contributed by atoms with E-state index in [0.717, 1.165) is 16.3 Å². The fourth-order valence-corrected chi connectivity index (χ4v) is 4.73. The van der Waals surface area contributed by atoms with Crippen molar-refractivity contribution in [2.75, 3.05) is 5.01 Å². The number of nitrogens with zero attached hydrogens (tertiary/aromatic N) is 2. The summed E-state index contributed by atoms with van der Waals surface area (Å²) in [7, 11) is 0. The largest absolute Gasteiger partial charge is 0.477 e. The molecule has 2 heterocycles. The monoisotopic (exact) mass is 486 g/mol. The van der Waals surface area contributed by atoms with Crippen molar-refractivity contribution in [3.05, 3.63) is 49.0 Å². The average molecular weight is 488 g/mol. The Morgan fingerprint density at radius 2 is 1.96 bits per heavy atom. The van der Waals surface area contributed by atoms with Crippen molar-refractivity contribution < 1.29 is 23.1 Å². The highest BCUT2D eigenvalue weighted by Crippen LogP contribution is 2.50. The molecule has 0 saturated carbocycles. The van der Waals surface area contributed by atoms with Crippen LogP contribution in [-0.4, -0.2) is 23.0 Å². The number of hydrogen-bond donors (Lipinski definition) is 1. The first-order valence-electron chi connectivity index (χ1n) is 6.97. The molecule has 0 saturated heterocycles. The molecule has 1 aliphatic heterocycles. The second-order valence-corrected chi connectivity index (χ2v) is 8.67. The van der Waals surface area contributed by atoms with Gasteiger partial charge in [0.15, 0.2) is 5.71 Å². The Hall–Kier alpha value is -1.29. The van der Waals surface area contributed by atoms with Crippen LogP contribution in [0.15, 0.2) is 39.2 Å². The summed E-state index contributed by atoms with van der Waals surface area (Å²) in [5, 5.41) is 14.4. The van der Waals surface area contributed by atoms with E-state index in [-0.39, 0.29) is 10.7 Å². The first-order valence-corrected chi connectivity index (χ1v) is 9.34. The second kappa shape index (κ2) is 7.03. The lowest BCUT2D eigenvalue weighted by Gasteiger charge is -2.28. The molecule has 26 heavy (non-hydrogen) atoms. The van der Waals surface area contributed by atoms with Gasteiger partial charge in [0.1, 0.15) is 12.0 Å². The van der Waals surface area contributed by atoms with E-state index in [1.807, 2.05) is 0 Å². The number of carboxylic acids is 1. The highest BCUT2D eigenvalue weighted by Gasteiger charge is 2.57. The van der Waals surface area contributed by atoms with E-state index < -0.39 is 29.8 Å². The summed E-state index contributed by atoms with van der Waals surface area (Å²) < 4.78 is 41.8. The van der Waals surface area contributed by atoms with E-state index >= 15 is 0 Å². The number of carbonyl (C=O) groups is 1. The number of alkyl halides is 3. The molecule has 11 heteroatoms. The van der Waals surface area contributed by atoms with E-state index in [2.05, 4.69) is 21.0 Å². The van der Waals surface area contributed by atoms with Crippen molar-refractivity contribution in [3.63, 3.8) is 0 Å². The predicted octanol–water partition coefficient (Wildman–Crippen LogP) is 6.00. The van der Waals surface area contributed by atoms with Crippen LogP contribution in [0.5, 0.6) is 0 Å². The molecule has 0 spiro atoms. The summed E-state index contributed by atoms with van der Waals surface area (Å²) >= 11 is 16.3. The van der Waals surface area contributed by atoms with Gasteiger partial charge in [0.25, 0.3) is 0 Å². The van der Waals surface area contributed by atoms with Crippen LogP contribution in [0.2, 0.25) is 10.0 Å². The lowest BCUT2D eigenvalue weighted by atomic mass is 9.93. The van der Waals surface area contributed by atoms with Gasteiger partial charge < -0.3 is 5.11 Å². The average Bonchev–Trinajstić information content (AvgIpc) is 3.10. The van der Waals surface area contributed by atoms with Crippen LogP contribution in [0, 0.1) is 5.92 Å². The molecule has 0 radical (unpaired) electrons. The van der Waals surface area contributed by atoms with Crippen molar-refractivity contribution in [2.45, 2.75) is 12.2 Å². The fourth-order valence-electron chi connectivity index (χ4n) is 2.68. The maximum Gasteiger partial charge on any atom is 0.400 e. The van der Waals surface area contributed by atoms with Crippen LogP contribution in [0.25, 0.3) is 0 Å². The minimum Gasteiger partial charge on any atom is -0.477 e. The number of rotatable bonds is 3. The van der Waals surface area contributed by atoms with Gasteiger partial charge in [-0.25, -0.2) is 4.79 Å². The van der Waals surface area contributed by atoms with Gasteiger partial charge in [0.2, 0.25) is 0 Å². The molecule has 1 aromatic heterocycles. The maximum absolute atomic E-state index is 13.7. The molecule has 1 N–H and O–H groups in total. The number of halogens is 6. The third kappa shape index (κ3) is 3.58. The molecule has 0 fully saturated rings. The number of benzene rings is 1. The van der Waals surface area contributed by atoms with Gasteiger partial charge in [0, 0.05) is 9.90 Å². The molecule has 138 valence electrons. The zero-order valence-electron chi connectivity index (χ0n) is 12.5. The molecule has 2 unspecified atom stereocenters. The number of anilines is 1. The number of hydrazone groups is 1. The summed E-state index contributed by atoms with van der Waals surface area (Å²) in [5.74, 6) is -4.04. The molecular formula is C15H8BrCl2F3N2O2S. The van der Waals surface area contributed by atoms with E-state index in [1.54, 1.807) is 6.07 Å². The standard InChI is InChI=1S/C15H8BrCl2F3N2O2S/c16-10-4-3-9(26-10)13-11(15(19,20)21)12(14(24)25)22-23(13)8-2-1-6(17)5-7(8)18/h1-5,11,13H,(H,24,25). The second-order valence-electron chi connectivity index (χ2n) is 5.34. The molecule has 1 aromatic carbocycles. The Balaban J connectivity index is 2.20. The number of carboxylic acid groups (broad SMARTS) is 1. The van der Waals surface area contributed by atoms with Gasteiger partial charge in [-0.1, -0.05) is 23.2 Å². The third-order valence-corrected chi connectivity index (χ3v) is 5.94. The fraction of sp³-hybridized carbons (Fsp3) is 0.200. The van der Waals surface area contributed by atoms with Gasteiger partial charge in [-0.15, -0.1) is 11.3 Å². The highest BCUT2D eigenvalue weighted by molar-refractivity contribution is 9.11. The van der Waals surface area contributed by atoms with Crippen LogP contribution in [-0.2, 0) is 4.79 Å². The van der Waals surface area contributed by atoms with Crippen molar-refractivity contribution in [1.29, 1.82) is 0 Å². The van der Waals surface area contributed by atoms with Crippen LogP contribution in [0.1, 0.15) is 10.9 Å². The zero-order valence-corrected chi connectivity index (χ0v) is 16.4. The first kappa shape index (κ1) is 19.5. The highest BCUT2D eigenvalue weighted by atomic mass is 79.9. The van der Waals surface area contributed by atoms with E-state index in [0.29, 0.717) is 13.7 Å². The van der Waals surface area contributed by atoms with Gasteiger partial charge >= 0.3 is 12.1 Å². The summed E-state index contributed by atoms with van der Waals surface area (Å²) in [6.07, 6.45) is -4.81. The Labute approximate surface area is 167 Å². The van der Waals surface area contributed by atoms with Crippen molar-refractivity contribution in [1.82, 2.24) is 0 Å². The molecule has 2 aromatic rings. The van der Waals surface area contributed by atoms with Crippen LogP contribution in [0.3, 0.4) is 0 Å². The van der Waals surface area contributed by atoms with Crippen molar-refractivity contribution in [3.8, 4) is 0 Å². The minimum absolute atomic E-state index is 0.0643. The van der Waals surface area contributed by atoms with Crippen molar-refractivity contribution in [2.24, 2.45) is 11.0 Å². The molecule has 0 bridgehead atoms. The van der Waals surface area contributed by atoms with Gasteiger partial charge in [0.05, 0.1) is 14.5 Å². The minimum atomic E-state index is -4.81. The van der Waals surface area contributed by atoms with Crippen molar-refractivity contribution >= 4 is 67.8 Å². The predicted molar refractivity (Wildman–Crippen MR) is 98.3 cm³/mol. The zero-order chi connectivity index (χ0) is 19.2.